The third-order valence-corrected chi connectivity index (χ3v) is 5.48. The summed E-state index contributed by atoms with van der Waals surface area (Å²) in [6.07, 6.45) is 1.35. The van der Waals surface area contributed by atoms with E-state index in [1.165, 1.54) is 0 Å². The van der Waals surface area contributed by atoms with Gasteiger partial charge in [-0.05, 0) is 37.9 Å². The van der Waals surface area contributed by atoms with Gasteiger partial charge in [0.05, 0.1) is 12.1 Å². The Morgan fingerprint density at radius 3 is 2.83 bits per heavy atom. The molecular formula is C17H20ClN3OS. The van der Waals surface area contributed by atoms with E-state index >= 15 is 0 Å². The smallest absolute Gasteiger partial charge is 0.228 e. The molecule has 1 aromatic heterocycles. The molecule has 2 N–H and O–H groups in total. The highest BCUT2D eigenvalue weighted by molar-refractivity contribution is 7.13. The Morgan fingerprint density at radius 2 is 2.17 bits per heavy atom. The van der Waals surface area contributed by atoms with E-state index in [9.17, 15) is 4.79 Å². The van der Waals surface area contributed by atoms with Gasteiger partial charge in [-0.2, -0.15) is 0 Å². The number of hydrogen-bond acceptors (Lipinski definition) is 4. The van der Waals surface area contributed by atoms with Crippen LogP contribution in [-0.2, 0) is 11.2 Å². The minimum Gasteiger partial charge on any atom is -0.339 e. The SMILES string of the molecule is CC1CC(CN)CN1C(=O)Cc1csc(-c2ccc(Cl)cc2)n1. The summed E-state index contributed by atoms with van der Waals surface area (Å²) in [5.41, 5.74) is 7.58. The number of carbonyl (C=O) groups is 1. The first-order chi connectivity index (χ1) is 11.1. The van der Waals surface area contributed by atoms with Crippen molar-refractivity contribution in [3.8, 4) is 10.6 Å². The number of amides is 1. The Hall–Kier alpha value is -1.43. The topological polar surface area (TPSA) is 59.2 Å². The molecule has 1 saturated heterocycles. The number of hydrogen-bond donors (Lipinski definition) is 1. The van der Waals surface area contributed by atoms with Gasteiger partial charge < -0.3 is 10.6 Å². The molecule has 0 aliphatic carbocycles. The maximum Gasteiger partial charge on any atom is 0.228 e. The molecule has 2 heterocycles. The molecule has 6 heteroatoms. The molecule has 0 radical (unpaired) electrons. The average molecular weight is 350 g/mol. The zero-order valence-corrected chi connectivity index (χ0v) is 14.6. The number of thiazole rings is 1. The van der Waals surface area contributed by atoms with Gasteiger partial charge in [-0.3, -0.25) is 4.79 Å². The van der Waals surface area contributed by atoms with Crippen molar-refractivity contribution in [3.63, 3.8) is 0 Å². The summed E-state index contributed by atoms with van der Waals surface area (Å²) in [4.78, 5) is 19.0. The van der Waals surface area contributed by atoms with Crippen LogP contribution in [0, 0.1) is 5.92 Å². The normalized spacial score (nSPS) is 20.9. The molecular weight excluding hydrogens is 330 g/mol. The molecule has 0 spiro atoms. The van der Waals surface area contributed by atoms with Gasteiger partial charge >= 0.3 is 0 Å². The lowest BCUT2D eigenvalue weighted by molar-refractivity contribution is -0.131. The molecule has 1 amide bonds. The zero-order chi connectivity index (χ0) is 16.4. The van der Waals surface area contributed by atoms with Crippen LogP contribution in [0.15, 0.2) is 29.6 Å². The molecule has 2 aromatic rings. The standard InChI is InChI=1S/C17H20ClN3OS/c1-11-6-12(8-19)9-21(11)16(22)7-15-10-23-17(20-15)13-2-4-14(18)5-3-13/h2-5,10-12H,6-9,19H2,1H3. The lowest BCUT2D eigenvalue weighted by Crippen LogP contribution is -2.35. The fourth-order valence-electron chi connectivity index (χ4n) is 3.03. The molecule has 3 rings (SSSR count). The first-order valence-corrected chi connectivity index (χ1v) is 9.02. The first kappa shape index (κ1) is 16.4. The van der Waals surface area contributed by atoms with Crippen molar-refractivity contribution in [1.29, 1.82) is 0 Å². The monoisotopic (exact) mass is 349 g/mol. The van der Waals surface area contributed by atoms with Crippen LogP contribution >= 0.6 is 22.9 Å². The molecule has 0 bridgehead atoms. The number of likely N-dealkylation sites (tertiary alicyclic amines) is 1. The number of carbonyl (C=O) groups excluding carboxylic acids is 1. The molecule has 122 valence electrons. The summed E-state index contributed by atoms with van der Waals surface area (Å²) in [7, 11) is 0. The lowest BCUT2D eigenvalue weighted by Gasteiger charge is -2.21. The van der Waals surface area contributed by atoms with Gasteiger partial charge in [0.15, 0.2) is 0 Å². The maximum absolute atomic E-state index is 12.5. The van der Waals surface area contributed by atoms with E-state index in [1.54, 1.807) is 11.3 Å². The highest BCUT2D eigenvalue weighted by atomic mass is 35.5. The second-order valence-corrected chi connectivity index (χ2v) is 7.35. The zero-order valence-electron chi connectivity index (χ0n) is 13.0. The second kappa shape index (κ2) is 6.99. The summed E-state index contributed by atoms with van der Waals surface area (Å²) in [6.45, 7) is 3.50. The van der Waals surface area contributed by atoms with Gasteiger partial charge in [-0.25, -0.2) is 4.98 Å². The lowest BCUT2D eigenvalue weighted by atomic mass is 10.1. The quantitative estimate of drug-likeness (QED) is 0.922. The number of nitrogens with two attached hydrogens (primary N) is 1. The molecule has 23 heavy (non-hydrogen) atoms. The van der Waals surface area contributed by atoms with E-state index in [0.29, 0.717) is 23.9 Å². The molecule has 1 fully saturated rings. The van der Waals surface area contributed by atoms with Crippen LogP contribution in [0.3, 0.4) is 0 Å². The summed E-state index contributed by atoms with van der Waals surface area (Å²) in [6, 6.07) is 7.86. The minimum absolute atomic E-state index is 0.140. The number of benzene rings is 1. The predicted molar refractivity (Wildman–Crippen MR) is 94.6 cm³/mol. The minimum atomic E-state index is 0.140. The van der Waals surface area contributed by atoms with Crippen molar-refractivity contribution in [1.82, 2.24) is 9.88 Å². The van der Waals surface area contributed by atoms with E-state index in [1.807, 2.05) is 34.5 Å². The third kappa shape index (κ3) is 3.74. The summed E-state index contributed by atoms with van der Waals surface area (Å²) < 4.78 is 0. The molecule has 1 aromatic carbocycles. The molecule has 2 unspecified atom stereocenters. The van der Waals surface area contributed by atoms with Gasteiger partial charge in [0.1, 0.15) is 5.01 Å². The molecule has 1 aliphatic rings. The second-order valence-electron chi connectivity index (χ2n) is 6.06. The summed E-state index contributed by atoms with van der Waals surface area (Å²) in [5, 5.41) is 3.58. The maximum atomic E-state index is 12.5. The fourth-order valence-corrected chi connectivity index (χ4v) is 3.98. The number of aromatic nitrogens is 1. The number of halogens is 1. The first-order valence-electron chi connectivity index (χ1n) is 7.76. The Bertz CT molecular complexity index is 685. The highest BCUT2D eigenvalue weighted by Gasteiger charge is 2.31. The van der Waals surface area contributed by atoms with Crippen molar-refractivity contribution in [2.75, 3.05) is 13.1 Å². The Labute approximate surface area is 145 Å². The fraction of sp³-hybridized carbons (Fsp3) is 0.412. The van der Waals surface area contributed by atoms with Crippen LogP contribution in [0.2, 0.25) is 5.02 Å². The molecule has 0 saturated carbocycles. The third-order valence-electron chi connectivity index (χ3n) is 4.29. The Balaban J connectivity index is 1.67. The van der Waals surface area contributed by atoms with Crippen molar-refractivity contribution in [2.24, 2.45) is 11.7 Å². The molecule has 2 atom stereocenters. The Kier molecular flexibility index (Phi) is 4.99. The van der Waals surface area contributed by atoms with Gasteiger partial charge in [0.2, 0.25) is 5.91 Å². The predicted octanol–water partition coefficient (Wildman–Crippen LogP) is 3.20. The van der Waals surface area contributed by atoms with E-state index in [4.69, 9.17) is 17.3 Å². The van der Waals surface area contributed by atoms with E-state index in [2.05, 4.69) is 11.9 Å². The van der Waals surface area contributed by atoms with Crippen molar-refractivity contribution in [3.05, 3.63) is 40.4 Å². The number of nitrogens with zero attached hydrogens (tertiary/aromatic N) is 2. The van der Waals surface area contributed by atoms with Crippen molar-refractivity contribution in [2.45, 2.75) is 25.8 Å². The largest absolute Gasteiger partial charge is 0.339 e. The molecule has 1 aliphatic heterocycles. The van der Waals surface area contributed by atoms with Crippen LogP contribution in [0.25, 0.3) is 10.6 Å². The van der Waals surface area contributed by atoms with Crippen molar-refractivity contribution < 1.29 is 4.79 Å². The van der Waals surface area contributed by atoms with Crippen LogP contribution in [0.5, 0.6) is 0 Å². The van der Waals surface area contributed by atoms with Crippen LogP contribution < -0.4 is 5.73 Å². The van der Waals surface area contributed by atoms with Gasteiger partial charge in [0, 0.05) is 28.6 Å². The van der Waals surface area contributed by atoms with Gasteiger partial charge in [0.25, 0.3) is 0 Å². The Morgan fingerprint density at radius 1 is 1.43 bits per heavy atom. The van der Waals surface area contributed by atoms with Crippen LogP contribution in [0.1, 0.15) is 19.0 Å². The van der Waals surface area contributed by atoms with E-state index < -0.39 is 0 Å². The highest BCUT2D eigenvalue weighted by Crippen LogP contribution is 2.27. The number of rotatable bonds is 4. The van der Waals surface area contributed by atoms with Gasteiger partial charge in [-0.1, -0.05) is 23.7 Å². The summed E-state index contributed by atoms with van der Waals surface area (Å²) in [5.74, 6) is 0.565. The van der Waals surface area contributed by atoms with Crippen LogP contribution in [0.4, 0.5) is 0 Å². The van der Waals surface area contributed by atoms with E-state index in [-0.39, 0.29) is 11.9 Å². The molecule has 4 nitrogen and oxygen atoms in total. The summed E-state index contributed by atoms with van der Waals surface area (Å²) >= 11 is 7.46. The van der Waals surface area contributed by atoms with Crippen molar-refractivity contribution >= 4 is 28.8 Å². The average Bonchev–Trinajstić information content (AvgIpc) is 3.14. The van der Waals surface area contributed by atoms with Gasteiger partial charge in [-0.15, -0.1) is 11.3 Å². The van der Waals surface area contributed by atoms with E-state index in [0.717, 1.165) is 29.2 Å². The van der Waals surface area contributed by atoms with Crippen LogP contribution in [-0.4, -0.2) is 34.9 Å².